The third-order valence-corrected chi connectivity index (χ3v) is 2.67. The SMILES string of the molecule is Cc1ccc(N2CCC[C@@H]2CO)nn1. The number of rotatable bonds is 2. The van der Waals surface area contributed by atoms with Gasteiger partial charge in [0, 0.05) is 6.54 Å². The lowest BCUT2D eigenvalue weighted by Gasteiger charge is -2.23. The summed E-state index contributed by atoms with van der Waals surface area (Å²) in [5.74, 6) is 0.882. The zero-order chi connectivity index (χ0) is 9.97. The molecule has 2 heterocycles. The highest BCUT2D eigenvalue weighted by Crippen LogP contribution is 2.22. The fraction of sp³-hybridized carbons (Fsp3) is 0.600. The molecule has 14 heavy (non-hydrogen) atoms. The van der Waals surface area contributed by atoms with Crippen LogP contribution in [0.5, 0.6) is 0 Å². The minimum Gasteiger partial charge on any atom is -0.394 e. The predicted octanol–water partition coefficient (Wildman–Crippen LogP) is 0.746. The quantitative estimate of drug-likeness (QED) is 0.753. The molecule has 1 saturated heterocycles. The van der Waals surface area contributed by atoms with Gasteiger partial charge in [-0.2, -0.15) is 5.10 Å². The summed E-state index contributed by atoms with van der Waals surface area (Å²) < 4.78 is 0. The van der Waals surface area contributed by atoms with E-state index in [1.165, 1.54) is 0 Å². The monoisotopic (exact) mass is 193 g/mol. The normalized spacial score (nSPS) is 21.6. The molecule has 0 bridgehead atoms. The van der Waals surface area contributed by atoms with Crippen molar-refractivity contribution in [2.75, 3.05) is 18.1 Å². The first-order valence-electron chi connectivity index (χ1n) is 4.99. The van der Waals surface area contributed by atoms with E-state index in [2.05, 4.69) is 15.1 Å². The van der Waals surface area contributed by atoms with Crippen LogP contribution in [0.25, 0.3) is 0 Å². The first-order chi connectivity index (χ1) is 6.81. The molecule has 0 radical (unpaired) electrons. The Morgan fingerprint density at radius 2 is 2.36 bits per heavy atom. The molecule has 0 aromatic carbocycles. The van der Waals surface area contributed by atoms with Crippen molar-refractivity contribution in [3.8, 4) is 0 Å². The van der Waals surface area contributed by atoms with Crippen LogP contribution in [0.4, 0.5) is 5.82 Å². The van der Waals surface area contributed by atoms with Crippen LogP contribution in [0.15, 0.2) is 12.1 Å². The van der Waals surface area contributed by atoms with E-state index in [0.717, 1.165) is 30.9 Å². The maximum absolute atomic E-state index is 9.16. The van der Waals surface area contributed by atoms with E-state index in [1.54, 1.807) is 0 Å². The van der Waals surface area contributed by atoms with Gasteiger partial charge in [-0.25, -0.2) is 0 Å². The van der Waals surface area contributed by atoms with Crippen molar-refractivity contribution in [3.05, 3.63) is 17.8 Å². The summed E-state index contributed by atoms with van der Waals surface area (Å²) in [6.45, 7) is 3.10. The van der Waals surface area contributed by atoms with Crippen molar-refractivity contribution in [2.24, 2.45) is 0 Å². The molecule has 1 fully saturated rings. The molecule has 4 heteroatoms. The number of hydrogen-bond acceptors (Lipinski definition) is 4. The van der Waals surface area contributed by atoms with Crippen LogP contribution >= 0.6 is 0 Å². The smallest absolute Gasteiger partial charge is 0.151 e. The molecule has 76 valence electrons. The van der Waals surface area contributed by atoms with E-state index in [-0.39, 0.29) is 12.6 Å². The van der Waals surface area contributed by atoms with Crippen molar-refractivity contribution in [1.82, 2.24) is 10.2 Å². The van der Waals surface area contributed by atoms with Gasteiger partial charge in [0.25, 0.3) is 0 Å². The molecule has 1 aromatic heterocycles. The summed E-state index contributed by atoms with van der Waals surface area (Å²) in [6.07, 6.45) is 2.17. The van der Waals surface area contributed by atoms with Gasteiger partial charge in [0.05, 0.1) is 18.3 Å². The second kappa shape index (κ2) is 3.92. The highest BCUT2D eigenvalue weighted by Gasteiger charge is 2.24. The zero-order valence-electron chi connectivity index (χ0n) is 8.35. The van der Waals surface area contributed by atoms with Gasteiger partial charge in [-0.05, 0) is 31.9 Å². The van der Waals surface area contributed by atoms with Crippen molar-refractivity contribution < 1.29 is 5.11 Å². The number of aliphatic hydroxyl groups is 1. The maximum atomic E-state index is 9.16. The van der Waals surface area contributed by atoms with Crippen LogP contribution in [0, 0.1) is 6.92 Å². The molecule has 1 aromatic rings. The number of nitrogens with zero attached hydrogens (tertiary/aromatic N) is 3. The van der Waals surface area contributed by atoms with Crippen LogP contribution in [-0.2, 0) is 0 Å². The molecule has 4 nitrogen and oxygen atoms in total. The highest BCUT2D eigenvalue weighted by atomic mass is 16.3. The number of aryl methyl sites for hydroxylation is 1. The van der Waals surface area contributed by atoms with Crippen LogP contribution in [0.2, 0.25) is 0 Å². The third kappa shape index (κ3) is 1.70. The number of aromatic nitrogens is 2. The van der Waals surface area contributed by atoms with E-state index in [1.807, 2.05) is 19.1 Å². The lowest BCUT2D eigenvalue weighted by atomic mass is 10.2. The molecule has 2 rings (SSSR count). The number of hydrogen-bond donors (Lipinski definition) is 1. The Bertz CT molecular complexity index is 299. The Morgan fingerprint density at radius 1 is 1.50 bits per heavy atom. The third-order valence-electron chi connectivity index (χ3n) is 2.67. The first-order valence-corrected chi connectivity index (χ1v) is 4.99. The second-order valence-electron chi connectivity index (χ2n) is 3.70. The van der Waals surface area contributed by atoms with Crippen molar-refractivity contribution >= 4 is 5.82 Å². The van der Waals surface area contributed by atoms with Gasteiger partial charge in [0.1, 0.15) is 0 Å². The summed E-state index contributed by atoms with van der Waals surface area (Å²) in [6, 6.07) is 4.15. The van der Waals surface area contributed by atoms with Crippen LogP contribution in [0.1, 0.15) is 18.5 Å². The summed E-state index contributed by atoms with van der Waals surface area (Å²) in [5, 5.41) is 17.3. The van der Waals surface area contributed by atoms with Crippen LogP contribution in [0.3, 0.4) is 0 Å². The van der Waals surface area contributed by atoms with E-state index < -0.39 is 0 Å². The Labute approximate surface area is 83.6 Å². The van der Waals surface area contributed by atoms with Gasteiger partial charge in [-0.1, -0.05) is 0 Å². The number of aliphatic hydroxyl groups excluding tert-OH is 1. The fourth-order valence-electron chi connectivity index (χ4n) is 1.87. The average Bonchev–Trinajstić information content (AvgIpc) is 2.67. The van der Waals surface area contributed by atoms with Crippen molar-refractivity contribution in [2.45, 2.75) is 25.8 Å². The minimum absolute atomic E-state index is 0.204. The molecule has 0 amide bonds. The van der Waals surface area contributed by atoms with Crippen molar-refractivity contribution in [1.29, 1.82) is 0 Å². The molecule has 0 spiro atoms. The van der Waals surface area contributed by atoms with E-state index >= 15 is 0 Å². The lowest BCUT2D eigenvalue weighted by Crippen LogP contribution is -2.32. The Kier molecular flexibility index (Phi) is 2.63. The minimum atomic E-state index is 0.204. The van der Waals surface area contributed by atoms with Gasteiger partial charge < -0.3 is 10.0 Å². The molecular formula is C10H15N3O. The Morgan fingerprint density at radius 3 is 3.00 bits per heavy atom. The molecule has 1 N–H and O–H groups in total. The van der Waals surface area contributed by atoms with Crippen LogP contribution in [-0.4, -0.2) is 34.5 Å². The standard InChI is InChI=1S/C10H15N3O/c1-8-4-5-10(12-11-8)13-6-2-3-9(13)7-14/h4-5,9,14H,2-3,6-7H2,1H3/t9-/m1/s1. The Hall–Kier alpha value is -1.16. The molecule has 0 aliphatic carbocycles. The van der Waals surface area contributed by atoms with Gasteiger partial charge in [0.2, 0.25) is 0 Å². The van der Waals surface area contributed by atoms with Gasteiger partial charge in [0.15, 0.2) is 5.82 Å². The summed E-state index contributed by atoms with van der Waals surface area (Å²) in [5.41, 5.74) is 0.925. The second-order valence-corrected chi connectivity index (χ2v) is 3.70. The first kappa shape index (κ1) is 9.40. The molecule has 1 aliphatic rings. The molecular weight excluding hydrogens is 178 g/mol. The van der Waals surface area contributed by atoms with Gasteiger partial charge in [-0.3, -0.25) is 0 Å². The van der Waals surface area contributed by atoms with E-state index in [9.17, 15) is 0 Å². The fourth-order valence-corrected chi connectivity index (χ4v) is 1.87. The Balaban J connectivity index is 2.17. The topological polar surface area (TPSA) is 49.2 Å². The zero-order valence-corrected chi connectivity index (χ0v) is 8.35. The molecule has 0 unspecified atom stereocenters. The average molecular weight is 193 g/mol. The predicted molar refractivity (Wildman–Crippen MR) is 54.2 cm³/mol. The maximum Gasteiger partial charge on any atom is 0.151 e. The molecule has 1 atom stereocenters. The summed E-state index contributed by atoms with van der Waals surface area (Å²) in [4.78, 5) is 2.13. The lowest BCUT2D eigenvalue weighted by molar-refractivity contribution is 0.266. The highest BCUT2D eigenvalue weighted by molar-refractivity contribution is 5.40. The largest absolute Gasteiger partial charge is 0.394 e. The molecule has 0 saturated carbocycles. The summed E-state index contributed by atoms with van der Waals surface area (Å²) >= 11 is 0. The van der Waals surface area contributed by atoms with Crippen LogP contribution < -0.4 is 4.90 Å². The van der Waals surface area contributed by atoms with Gasteiger partial charge in [-0.15, -0.1) is 5.10 Å². The van der Waals surface area contributed by atoms with E-state index in [0.29, 0.717) is 0 Å². The van der Waals surface area contributed by atoms with Crippen molar-refractivity contribution in [3.63, 3.8) is 0 Å². The number of anilines is 1. The van der Waals surface area contributed by atoms with E-state index in [4.69, 9.17) is 5.11 Å². The molecule has 1 aliphatic heterocycles. The van der Waals surface area contributed by atoms with Gasteiger partial charge >= 0.3 is 0 Å². The summed E-state index contributed by atoms with van der Waals surface area (Å²) in [7, 11) is 0.